The van der Waals surface area contributed by atoms with Crippen molar-refractivity contribution in [1.82, 2.24) is 4.90 Å². The second kappa shape index (κ2) is 4.97. The van der Waals surface area contributed by atoms with E-state index in [1.807, 2.05) is 4.90 Å². The van der Waals surface area contributed by atoms with Gasteiger partial charge in [0.05, 0.1) is 5.41 Å². The number of nitrogens with zero attached hydrogens (tertiary/aromatic N) is 1. The number of halogens is 2. The Balaban J connectivity index is 2.08. The summed E-state index contributed by atoms with van der Waals surface area (Å²) in [5.74, 6) is -1.03. The lowest BCUT2D eigenvalue weighted by atomic mass is 9.90. The Labute approximate surface area is 114 Å². The highest BCUT2D eigenvalue weighted by atomic mass is 79.9. The Morgan fingerprint density at radius 3 is 2.94 bits per heavy atom. The summed E-state index contributed by atoms with van der Waals surface area (Å²) < 4.78 is 14.0. The van der Waals surface area contributed by atoms with Crippen LogP contribution in [0.3, 0.4) is 0 Å². The number of aliphatic carboxylic acids is 1. The molecule has 0 radical (unpaired) electrons. The number of carboxylic acids is 1. The third kappa shape index (κ3) is 2.72. The lowest BCUT2D eigenvalue weighted by Crippen LogP contribution is -2.31. The molecule has 1 heterocycles. The van der Waals surface area contributed by atoms with E-state index < -0.39 is 11.4 Å². The van der Waals surface area contributed by atoms with Gasteiger partial charge in [0.1, 0.15) is 5.82 Å². The lowest BCUT2D eigenvalue weighted by molar-refractivity contribution is -0.147. The number of benzene rings is 1. The number of hydrogen-bond acceptors (Lipinski definition) is 2. The molecule has 1 aliphatic rings. The van der Waals surface area contributed by atoms with E-state index in [1.165, 1.54) is 12.1 Å². The molecule has 0 amide bonds. The van der Waals surface area contributed by atoms with Gasteiger partial charge in [0.2, 0.25) is 0 Å². The van der Waals surface area contributed by atoms with Crippen LogP contribution in [-0.4, -0.2) is 29.1 Å². The first-order valence-corrected chi connectivity index (χ1v) is 6.60. The summed E-state index contributed by atoms with van der Waals surface area (Å²) in [4.78, 5) is 13.2. The highest BCUT2D eigenvalue weighted by Gasteiger charge is 2.40. The molecule has 3 nitrogen and oxygen atoms in total. The quantitative estimate of drug-likeness (QED) is 0.932. The van der Waals surface area contributed by atoms with E-state index in [9.17, 15) is 9.18 Å². The third-order valence-electron chi connectivity index (χ3n) is 3.47. The zero-order valence-corrected chi connectivity index (χ0v) is 11.7. The van der Waals surface area contributed by atoms with E-state index >= 15 is 0 Å². The number of likely N-dealkylation sites (tertiary alicyclic amines) is 1. The molecule has 1 fully saturated rings. The molecular weight excluding hydrogens is 301 g/mol. The third-order valence-corrected chi connectivity index (χ3v) is 4.24. The molecule has 0 spiro atoms. The summed E-state index contributed by atoms with van der Waals surface area (Å²) in [6, 6.07) is 4.57. The second-order valence-corrected chi connectivity index (χ2v) is 5.92. The highest BCUT2D eigenvalue weighted by Crippen LogP contribution is 2.32. The second-order valence-electron chi connectivity index (χ2n) is 5.06. The van der Waals surface area contributed by atoms with E-state index in [1.54, 1.807) is 13.0 Å². The molecule has 2 rings (SSSR count). The van der Waals surface area contributed by atoms with Crippen molar-refractivity contribution in [3.05, 3.63) is 34.1 Å². The fraction of sp³-hybridized carbons (Fsp3) is 0.462. The van der Waals surface area contributed by atoms with Crippen molar-refractivity contribution in [3.63, 3.8) is 0 Å². The van der Waals surface area contributed by atoms with Gasteiger partial charge in [-0.1, -0.05) is 15.9 Å². The minimum absolute atomic E-state index is 0.270. The molecule has 18 heavy (non-hydrogen) atoms. The van der Waals surface area contributed by atoms with E-state index in [0.29, 0.717) is 19.5 Å². The molecule has 98 valence electrons. The van der Waals surface area contributed by atoms with Gasteiger partial charge in [-0.05, 0) is 43.7 Å². The predicted molar refractivity (Wildman–Crippen MR) is 69.7 cm³/mol. The molecule has 1 saturated heterocycles. The number of hydrogen-bond donors (Lipinski definition) is 1. The van der Waals surface area contributed by atoms with Gasteiger partial charge < -0.3 is 5.11 Å². The molecule has 0 bridgehead atoms. The monoisotopic (exact) mass is 315 g/mol. The SMILES string of the molecule is CC1(C(=O)O)CCN(Cc2cc(F)ccc2Br)C1. The van der Waals surface area contributed by atoms with Crippen molar-refractivity contribution in [2.24, 2.45) is 5.41 Å². The molecule has 1 atom stereocenters. The van der Waals surface area contributed by atoms with Gasteiger partial charge in [-0.2, -0.15) is 0 Å². The van der Waals surface area contributed by atoms with Crippen LogP contribution in [0, 0.1) is 11.2 Å². The fourth-order valence-corrected chi connectivity index (χ4v) is 2.64. The number of carbonyl (C=O) groups is 1. The smallest absolute Gasteiger partial charge is 0.310 e. The molecule has 5 heteroatoms. The van der Waals surface area contributed by atoms with Gasteiger partial charge in [-0.3, -0.25) is 9.69 Å². The van der Waals surface area contributed by atoms with E-state index in [-0.39, 0.29) is 5.82 Å². The molecule has 0 aliphatic carbocycles. The van der Waals surface area contributed by atoms with Crippen molar-refractivity contribution >= 4 is 21.9 Å². The molecule has 1 unspecified atom stereocenters. The zero-order chi connectivity index (χ0) is 13.3. The summed E-state index contributed by atoms with van der Waals surface area (Å²) >= 11 is 3.39. The molecule has 1 aliphatic heterocycles. The van der Waals surface area contributed by atoms with Gasteiger partial charge in [0, 0.05) is 17.6 Å². The Hall–Kier alpha value is -0.940. The summed E-state index contributed by atoms with van der Waals surface area (Å²) in [5.41, 5.74) is 0.171. The first kappa shape index (κ1) is 13.5. The van der Waals surface area contributed by atoms with Gasteiger partial charge in [0.25, 0.3) is 0 Å². The van der Waals surface area contributed by atoms with Crippen LogP contribution < -0.4 is 0 Å². The maximum absolute atomic E-state index is 13.2. The summed E-state index contributed by atoms with van der Waals surface area (Å²) in [6.45, 7) is 3.56. The van der Waals surface area contributed by atoms with Crippen LogP contribution >= 0.6 is 15.9 Å². The van der Waals surface area contributed by atoms with Crippen LogP contribution in [0.4, 0.5) is 4.39 Å². The lowest BCUT2D eigenvalue weighted by Gasteiger charge is -2.20. The molecule has 1 aromatic rings. The van der Waals surface area contributed by atoms with Crippen molar-refractivity contribution in [3.8, 4) is 0 Å². The van der Waals surface area contributed by atoms with E-state index in [0.717, 1.165) is 16.6 Å². The van der Waals surface area contributed by atoms with Gasteiger partial charge in [-0.25, -0.2) is 4.39 Å². The predicted octanol–water partition coefficient (Wildman–Crippen LogP) is 2.88. The molecular formula is C13H15BrFNO2. The Kier molecular flexibility index (Phi) is 3.73. The molecule has 1 aromatic carbocycles. The first-order valence-electron chi connectivity index (χ1n) is 5.80. The fourth-order valence-electron chi connectivity index (χ4n) is 2.27. The maximum Gasteiger partial charge on any atom is 0.310 e. The summed E-state index contributed by atoms with van der Waals surface area (Å²) in [5, 5.41) is 9.16. The minimum atomic E-state index is -0.761. The number of carboxylic acid groups (broad SMARTS) is 1. The van der Waals surface area contributed by atoms with Crippen LogP contribution in [0.1, 0.15) is 18.9 Å². The average Bonchev–Trinajstić information content (AvgIpc) is 2.67. The number of rotatable bonds is 3. The summed E-state index contributed by atoms with van der Waals surface area (Å²) in [7, 11) is 0. The zero-order valence-electron chi connectivity index (χ0n) is 10.1. The van der Waals surface area contributed by atoms with Crippen LogP contribution in [-0.2, 0) is 11.3 Å². The minimum Gasteiger partial charge on any atom is -0.481 e. The molecule has 0 aromatic heterocycles. The van der Waals surface area contributed by atoms with Crippen molar-refractivity contribution in [1.29, 1.82) is 0 Å². The van der Waals surface area contributed by atoms with Crippen LogP contribution in [0.25, 0.3) is 0 Å². The Bertz CT molecular complexity index is 480. The van der Waals surface area contributed by atoms with Crippen LogP contribution in [0.15, 0.2) is 22.7 Å². The van der Waals surface area contributed by atoms with E-state index in [2.05, 4.69) is 15.9 Å². The standard InChI is InChI=1S/C13H15BrFNO2/c1-13(12(17)18)4-5-16(8-13)7-9-6-10(15)2-3-11(9)14/h2-3,6H,4-5,7-8H2,1H3,(H,17,18). The van der Waals surface area contributed by atoms with Crippen molar-refractivity contribution < 1.29 is 14.3 Å². The largest absolute Gasteiger partial charge is 0.481 e. The van der Waals surface area contributed by atoms with Crippen LogP contribution in [0.2, 0.25) is 0 Å². The topological polar surface area (TPSA) is 40.5 Å². The first-order chi connectivity index (χ1) is 8.40. The highest BCUT2D eigenvalue weighted by molar-refractivity contribution is 9.10. The normalized spacial score (nSPS) is 24.4. The van der Waals surface area contributed by atoms with E-state index in [4.69, 9.17) is 5.11 Å². The maximum atomic E-state index is 13.2. The molecule has 1 N–H and O–H groups in total. The van der Waals surface area contributed by atoms with Crippen LogP contribution in [0.5, 0.6) is 0 Å². The van der Waals surface area contributed by atoms with Crippen molar-refractivity contribution in [2.45, 2.75) is 19.9 Å². The summed E-state index contributed by atoms with van der Waals surface area (Å²) in [6.07, 6.45) is 0.634. The molecule has 0 saturated carbocycles. The van der Waals surface area contributed by atoms with Crippen molar-refractivity contribution in [2.75, 3.05) is 13.1 Å². The Morgan fingerprint density at radius 2 is 2.33 bits per heavy atom. The average molecular weight is 316 g/mol. The van der Waals surface area contributed by atoms with Gasteiger partial charge >= 0.3 is 5.97 Å². The van der Waals surface area contributed by atoms with Gasteiger partial charge in [-0.15, -0.1) is 0 Å². The van der Waals surface area contributed by atoms with Gasteiger partial charge in [0.15, 0.2) is 0 Å². The Morgan fingerprint density at radius 1 is 1.61 bits per heavy atom.